The van der Waals surface area contributed by atoms with Gasteiger partial charge in [0.1, 0.15) is 6.04 Å². The van der Waals surface area contributed by atoms with Crippen LogP contribution in [0.1, 0.15) is 12.8 Å². The fourth-order valence-electron chi connectivity index (χ4n) is 1.94. The third-order valence-corrected chi connectivity index (χ3v) is 3.53. The molecule has 10 N–H and O–H groups in total. The lowest BCUT2D eigenvalue weighted by atomic mass is 10.2. The molecule has 1 atom stereocenters. The molecule has 2 aromatic heterocycles. The maximum Gasteiger partial charge on any atom is 0.332 e. The van der Waals surface area contributed by atoms with Crippen LogP contribution in [0.4, 0.5) is 0 Å². The molecular weight excluding hydrogens is 384 g/mol. The number of hydrogen-bond donors (Lipinski definition) is 5. The number of aliphatic carboxylic acids is 1. The number of fused-ring (bicyclic) bond motifs is 1. The number of carboxylic acid groups (broad SMARTS) is 1. The molecule has 13 nitrogen and oxygen atoms in total. The number of guanidine groups is 1. The number of halogens is 1. The Bertz CT molecular complexity index is 927. The van der Waals surface area contributed by atoms with Gasteiger partial charge in [0.15, 0.2) is 17.1 Å². The minimum atomic E-state index is -1.00. The Morgan fingerprint density at radius 1 is 1.33 bits per heavy atom. The summed E-state index contributed by atoms with van der Waals surface area (Å²) in [5, 5.41) is 8.48. The van der Waals surface area contributed by atoms with Crippen molar-refractivity contribution < 1.29 is 15.4 Å². The minimum Gasteiger partial charge on any atom is -0.480 e. The van der Waals surface area contributed by atoms with Gasteiger partial charge in [-0.05, 0) is 24.4 Å². The standard InChI is InChI=1S/C7H7ClN4O2.C6H14N4O2.H2O/c1-11-4-3(9-6(8)10-4)5(13)12(2)7(11)14;7-4(5(11)12)2-1-3-10-6(8)9;/h1-2H3,(H,9,10);4H,1-3,7H2,(H,11,12)(H4,8,9,10);1H2/t;4-;/m.0./s1. The highest BCUT2D eigenvalue weighted by molar-refractivity contribution is 6.28. The SMILES string of the molecule is Cn1c(=O)c2[nH]c(Cl)nc2n(C)c1=O.NC(N)=NCCC[C@H](N)C(=O)O.O. The van der Waals surface area contributed by atoms with Crippen LogP contribution in [0.15, 0.2) is 14.6 Å². The number of rotatable bonds is 5. The van der Waals surface area contributed by atoms with Crippen molar-refractivity contribution >= 4 is 34.7 Å². The number of carboxylic acids is 1. The molecule has 0 aliphatic rings. The molecule has 0 amide bonds. The number of hydrogen-bond acceptors (Lipinski definition) is 6. The van der Waals surface area contributed by atoms with E-state index in [0.29, 0.717) is 19.4 Å². The first-order valence-electron chi connectivity index (χ1n) is 7.41. The van der Waals surface area contributed by atoms with Crippen molar-refractivity contribution in [3.8, 4) is 0 Å². The highest BCUT2D eigenvalue weighted by Gasteiger charge is 2.12. The van der Waals surface area contributed by atoms with Crippen LogP contribution in [-0.4, -0.2) is 54.2 Å². The van der Waals surface area contributed by atoms with Gasteiger partial charge < -0.3 is 32.8 Å². The van der Waals surface area contributed by atoms with E-state index in [1.54, 1.807) is 0 Å². The number of nitrogens with one attached hydrogen (secondary N) is 1. The van der Waals surface area contributed by atoms with Gasteiger partial charge in [0.2, 0.25) is 5.28 Å². The first-order valence-corrected chi connectivity index (χ1v) is 7.79. The highest BCUT2D eigenvalue weighted by atomic mass is 35.5. The number of imidazole rings is 1. The van der Waals surface area contributed by atoms with E-state index in [2.05, 4.69) is 15.0 Å². The molecule has 0 spiro atoms. The maximum atomic E-state index is 11.5. The van der Waals surface area contributed by atoms with Gasteiger partial charge >= 0.3 is 11.7 Å². The number of aliphatic imine (C=N–C) groups is 1. The van der Waals surface area contributed by atoms with Crippen molar-refractivity contribution in [3.05, 3.63) is 26.1 Å². The van der Waals surface area contributed by atoms with E-state index in [0.717, 1.165) is 4.57 Å². The lowest BCUT2D eigenvalue weighted by Gasteiger charge is -2.03. The first kappa shape index (κ1) is 24.1. The Morgan fingerprint density at radius 2 is 1.93 bits per heavy atom. The van der Waals surface area contributed by atoms with Crippen LogP contribution in [0, 0.1) is 0 Å². The fourth-order valence-corrected chi connectivity index (χ4v) is 2.12. The molecule has 152 valence electrons. The minimum absolute atomic E-state index is 0. The fraction of sp³-hybridized carbons (Fsp3) is 0.462. The van der Waals surface area contributed by atoms with Crippen LogP contribution in [-0.2, 0) is 18.9 Å². The van der Waals surface area contributed by atoms with Crippen LogP contribution in [0.25, 0.3) is 11.2 Å². The van der Waals surface area contributed by atoms with E-state index in [9.17, 15) is 14.4 Å². The second-order valence-corrected chi connectivity index (χ2v) is 5.68. The normalized spacial score (nSPS) is 11.1. The van der Waals surface area contributed by atoms with Crippen LogP contribution >= 0.6 is 11.6 Å². The number of aromatic amines is 1. The summed E-state index contributed by atoms with van der Waals surface area (Å²) in [6, 6.07) is -0.820. The van der Waals surface area contributed by atoms with Crippen molar-refractivity contribution in [1.82, 2.24) is 19.1 Å². The van der Waals surface area contributed by atoms with Crippen molar-refractivity contribution in [2.75, 3.05) is 6.54 Å². The van der Waals surface area contributed by atoms with E-state index in [4.69, 9.17) is 33.9 Å². The first-order chi connectivity index (χ1) is 12.1. The number of aryl methyl sites for hydroxylation is 1. The number of nitrogens with zero attached hydrogens (tertiary/aromatic N) is 4. The summed E-state index contributed by atoms with van der Waals surface area (Å²) in [5.74, 6) is -0.987. The number of aromatic nitrogens is 4. The molecule has 0 radical (unpaired) electrons. The average molecular weight is 407 g/mol. The molecule has 0 aliphatic carbocycles. The number of carbonyl (C=O) groups is 1. The zero-order valence-corrected chi connectivity index (χ0v) is 15.5. The molecule has 27 heavy (non-hydrogen) atoms. The van der Waals surface area contributed by atoms with E-state index in [1.807, 2.05) is 0 Å². The van der Waals surface area contributed by atoms with Gasteiger partial charge in [-0.15, -0.1) is 0 Å². The zero-order chi connectivity index (χ0) is 20.0. The topological polar surface area (TPSA) is 232 Å². The smallest absolute Gasteiger partial charge is 0.332 e. The molecule has 0 saturated heterocycles. The average Bonchev–Trinajstić information content (AvgIpc) is 2.97. The summed E-state index contributed by atoms with van der Waals surface area (Å²) in [7, 11) is 2.93. The van der Waals surface area contributed by atoms with E-state index in [-0.39, 0.29) is 27.9 Å². The van der Waals surface area contributed by atoms with Crippen molar-refractivity contribution in [1.29, 1.82) is 0 Å². The third-order valence-electron chi connectivity index (χ3n) is 3.35. The maximum absolute atomic E-state index is 11.5. The van der Waals surface area contributed by atoms with Crippen LogP contribution in [0.5, 0.6) is 0 Å². The van der Waals surface area contributed by atoms with Gasteiger partial charge in [-0.3, -0.25) is 23.7 Å². The Labute approximate surface area is 157 Å². The second kappa shape index (κ2) is 10.3. The summed E-state index contributed by atoms with van der Waals surface area (Å²) < 4.78 is 2.26. The monoisotopic (exact) mass is 406 g/mol. The molecule has 0 bridgehead atoms. The van der Waals surface area contributed by atoms with Gasteiger partial charge in [-0.1, -0.05) is 0 Å². The molecule has 0 aromatic carbocycles. The molecule has 2 heterocycles. The van der Waals surface area contributed by atoms with E-state index >= 15 is 0 Å². The van der Waals surface area contributed by atoms with Crippen molar-refractivity contribution in [3.63, 3.8) is 0 Å². The summed E-state index contributed by atoms with van der Waals surface area (Å²) in [6.07, 6.45) is 0.956. The molecule has 2 rings (SSSR count). The molecule has 2 aromatic rings. The summed E-state index contributed by atoms with van der Waals surface area (Å²) in [5.41, 5.74) is 15.0. The van der Waals surface area contributed by atoms with Gasteiger partial charge in [-0.2, -0.15) is 4.98 Å². The highest BCUT2D eigenvalue weighted by Crippen LogP contribution is 2.07. The van der Waals surface area contributed by atoms with Crippen LogP contribution < -0.4 is 28.5 Å². The van der Waals surface area contributed by atoms with Gasteiger partial charge in [0.25, 0.3) is 5.56 Å². The Balaban J connectivity index is 0.000000491. The largest absolute Gasteiger partial charge is 0.480 e. The predicted octanol–water partition coefficient (Wildman–Crippen LogP) is -2.76. The quantitative estimate of drug-likeness (QED) is 0.150. The number of nitrogens with two attached hydrogens (primary N) is 3. The van der Waals surface area contributed by atoms with Crippen LogP contribution in [0.2, 0.25) is 5.28 Å². The molecule has 0 fully saturated rings. The molecule has 0 unspecified atom stereocenters. The van der Waals surface area contributed by atoms with Gasteiger partial charge in [-0.25, -0.2) is 4.79 Å². The lowest BCUT2D eigenvalue weighted by molar-refractivity contribution is -0.138. The van der Waals surface area contributed by atoms with E-state index < -0.39 is 23.3 Å². The van der Waals surface area contributed by atoms with Gasteiger partial charge in [0, 0.05) is 20.6 Å². The summed E-state index contributed by atoms with van der Waals surface area (Å²) in [6.45, 7) is 0.420. The Morgan fingerprint density at radius 3 is 2.44 bits per heavy atom. The predicted molar refractivity (Wildman–Crippen MR) is 101 cm³/mol. The molecule has 0 aliphatic heterocycles. The second-order valence-electron chi connectivity index (χ2n) is 5.33. The van der Waals surface area contributed by atoms with E-state index in [1.165, 1.54) is 18.7 Å². The van der Waals surface area contributed by atoms with Crippen LogP contribution in [0.3, 0.4) is 0 Å². The van der Waals surface area contributed by atoms with Crippen molar-refractivity contribution in [2.45, 2.75) is 18.9 Å². The van der Waals surface area contributed by atoms with Gasteiger partial charge in [0.05, 0.1) is 0 Å². The number of H-pyrrole nitrogens is 1. The third kappa shape index (κ3) is 6.40. The zero-order valence-electron chi connectivity index (χ0n) is 14.8. The lowest BCUT2D eigenvalue weighted by Crippen LogP contribution is -2.36. The summed E-state index contributed by atoms with van der Waals surface area (Å²) in [4.78, 5) is 43.3. The Kier molecular flexibility index (Phi) is 9.19. The van der Waals surface area contributed by atoms with Crippen molar-refractivity contribution in [2.24, 2.45) is 36.3 Å². The summed E-state index contributed by atoms with van der Waals surface area (Å²) >= 11 is 5.60. The molecule has 0 saturated carbocycles. The Hall–Kier alpha value is -2.90. The molecular formula is C13H23ClN8O5. The molecule has 14 heteroatoms.